The summed E-state index contributed by atoms with van der Waals surface area (Å²) in [7, 11) is 7.13. The lowest BCUT2D eigenvalue weighted by Gasteiger charge is -2.38. The van der Waals surface area contributed by atoms with Crippen molar-refractivity contribution < 1.29 is 0 Å². The number of halogens is 1. The molecule has 0 bridgehead atoms. The summed E-state index contributed by atoms with van der Waals surface area (Å²) in [5, 5.41) is 2.88. The van der Waals surface area contributed by atoms with Gasteiger partial charge < -0.3 is 0 Å². The average Bonchev–Trinajstić information content (AvgIpc) is 1.85. The van der Waals surface area contributed by atoms with Gasteiger partial charge in [-0.25, -0.2) is 0 Å². The SMILES string of the molecule is CNC(N)(N(C)C)N(C)Cl. The van der Waals surface area contributed by atoms with E-state index in [1.54, 1.807) is 19.0 Å². The first-order valence-electron chi connectivity index (χ1n) is 3.00. The molecule has 0 fully saturated rings. The van der Waals surface area contributed by atoms with Crippen molar-refractivity contribution in [2.45, 2.75) is 5.91 Å². The highest BCUT2D eigenvalue weighted by molar-refractivity contribution is 6.13. The highest BCUT2D eigenvalue weighted by Gasteiger charge is 2.29. The molecule has 0 rings (SSSR count). The first-order valence-corrected chi connectivity index (χ1v) is 3.33. The lowest BCUT2D eigenvalue weighted by atomic mass is 10.5. The fourth-order valence-corrected chi connectivity index (χ4v) is 0.889. The Balaban J connectivity index is 4.23. The lowest BCUT2D eigenvalue weighted by Crippen LogP contribution is -2.68. The number of rotatable bonds is 3. The summed E-state index contributed by atoms with van der Waals surface area (Å²) in [5.74, 6) is -0.776. The summed E-state index contributed by atoms with van der Waals surface area (Å²) in [5.41, 5.74) is 5.79. The number of hydrogen-bond donors (Lipinski definition) is 2. The standard InChI is InChI=1S/C5H15ClN4/c1-8-5(7,9(2)3)10(4)6/h8H,7H2,1-4H3. The maximum absolute atomic E-state index is 5.79. The minimum absolute atomic E-state index is 0.776. The third kappa shape index (κ3) is 1.81. The van der Waals surface area contributed by atoms with Crippen LogP contribution < -0.4 is 11.1 Å². The lowest BCUT2D eigenvalue weighted by molar-refractivity contribution is 0.0229. The van der Waals surface area contributed by atoms with Crippen molar-refractivity contribution in [2.24, 2.45) is 5.73 Å². The van der Waals surface area contributed by atoms with Crippen LogP contribution in [0.5, 0.6) is 0 Å². The van der Waals surface area contributed by atoms with E-state index in [4.69, 9.17) is 17.5 Å². The van der Waals surface area contributed by atoms with Crippen molar-refractivity contribution in [3.05, 3.63) is 0 Å². The molecule has 4 nitrogen and oxygen atoms in total. The summed E-state index contributed by atoms with van der Waals surface area (Å²) in [6, 6.07) is 0. The van der Waals surface area contributed by atoms with Gasteiger partial charge in [0.2, 0.25) is 0 Å². The maximum atomic E-state index is 5.79. The van der Waals surface area contributed by atoms with Crippen molar-refractivity contribution in [1.82, 2.24) is 14.6 Å². The number of nitrogens with two attached hydrogens (primary N) is 1. The Bertz CT molecular complexity index is 95.8. The minimum atomic E-state index is -0.776. The van der Waals surface area contributed by atoms with Crippen LogP contribution in [0.15, 0.2) is 0 Å². The van der Waals surface area contributed by atoms with Crippen molar-refractivity contribution in [1.29, 1.82) is 0 Å². The summed E-state index contributed by atoms with van der Waals surface area (Å²) in [6.45, 7) is 0. The molecule has 3 N–H and O–H groups in total. The molecule has 0 aromatic rings. The second-order valence-corrected chi connectivity index (χ2v) is 2.85. The van der Waals surface area contributed by atoms with Crippen molar-refractivity contribution in [3.63, 3.8) is 0 Å². The van der Waals surface area contributed by atoms with Crippen molar-refractivity contribution in [2.75, 3.05) is 28.2 Å². The molecule has 5 heteroatoms. The van der Waals surface area contributed by atoms with Gasteiger partial charge in [0, 0.05) is 7.05 Å². The quantitative estimate of drug-likeness (QED) is 0.435. The molecule has 0 radical (unpaired) electrons. The van der Waals surface area contributed by atoms with E-state index in [9.17, 15) is 0 Å². The molecule has 0 aromatic carbocycles. The van der Waals surface area contributed by atoms with Gasteiger partial charge in [-0.2, -0.15) is 4.42 Å². The first-order chi connectivity index (χ1) is 4.45. The van der Waals surface area contributed by atoms with Gasteiger partial charge in [-0.15, -0.1) is 0 Å². The zero-order valence-electron chi connectivity index (χ0n) is 6.85. The molecule has 1 unspecified atom stereocenters. The molecule has 0 saturated carbocycles. The van der Waals surface area contributed by atoms with Gasteiger partial charge in [-0.05, 0) is 32.9 Å². The van der Waals surface area contributed by atoms with Gasteiger partial charge in [0.25, 0.3) is 0 Å². The Hall–Kier alpha value is 0.130. The molecule has 0 spiro atoms. The Morgan fingerprint density at radius 2 is 1.80 bits per heavy atom. The normalized spacial score (nSPS) is 18.0. The molecule has 0 heterocycles. The number of nitrogens with one attached hydrogen (secondary N) is 1. The second kappa shape index (κ2) is 3.50. The van der Waals surface area contributed by atoms with Crippen LogP contribution in [0.1, 0.15) is 0 Å². The third-order valence-electron chi connectivity index (χ3n) is 1.52. The van der Waals surface area contributed by atoms with E-state index in [0.717, 1.165) is 0 Å². The molecule has 0 amide bonds. The summed E-state index contributed by atoms with van der Waals surface area (Å²) >= 11 is 5.68. The van der Waals surface area contributed by atoms with E-state index in [-0.39, 0.29) is 0 Å². The van der Waals surface area contributed by atoms with Gasteiger partial charge in [0.05, 0.1) is 0 Å². The third-order valence-corrected chi connectivity index (χ3v) is 1.78. The summed E-state index contributed by atoms with van der Waals surface area (Å²) in [4.78, 5) is 1.78. The fraction of sp³-hybridized carbons (Fsp3) is 1.00. The molecule has 0 aliphatic rings. The zero-order valence-corrected chi connectivity index (χ0v) is 7.61. The average molecular weight is 167 g/mol. The van der Waals surface area contributed by atoms with Crippen LogP contribution in [0, 0.1) is 0 Å². The van der Waals surface area contributed by atoms with Crippen LogP contribution in [0.3, 0.4) is 0 Å². The second-order valence-electron chi connectivity index (χ2n) is 2.35. The highest BCUT2D eigenvalue weighted by atomic mass is 35.5. The summed E-state index contributed by atoms with van der Waals surface area (Å²) < 4.78 is 1.38. The molecular formula is C5H15ClN4. The van der Waals surface area contributed by atoms with Gasteiger partial charge in [0.15, 0.2) is 5.91 Å². The Morgan fingerprint density at radius 3 is 1.80 bits per heavy atom. The van der Waals surface area contributed by atoms with E-state index in [0.29, 0.717) is 0 Å². The fourth-order valence-electron chi connectivity index (χ4n) is 0.653. The first kappa shape index (κ1) is 10.1. The Labute approximate surface area is 67.0 Å². The largest absolute Gasteiger partial charge is 0.287 e. The van der Waals surface area contributed by atoms with E-state index in [1.165, 1.54) is 4.42 Å². The molecule has 0 aliphatic heterocycles. The smallest absolute Gasteiger partial charge is 0.196 e. The molecule has 62 valence electrons. The Morgan fingerprint density at radius 1 is 1.40 bits per heavy atom. The highest BCUT2D eigenvalue weighted by Crippen LogP contribution is 2.06. The van der Waals surface area contributed by atoms with Crippen LogP contribution in [0.25, 0.3) is 0 Å². The van der Waals surface area contributed by atoms with Gasteiger partial charge >= 0.3 is 0 Å². The molecule has 10 heavy (non-hydrogen) atoms. The molecule has 1 atom stereocenters. The number of nitrogens with zero attached hydrogens (tertiary/aromatic N) is 2. The van der Waals surface area contributed by atoms with Gasteiger partial charge in [-0.1, -0.05) is 0 Å². The Kier molecular flexibility index (Phi) is 3.55. The van der Waals surface area contributed by atoms with Crippen LogP contribution in [-0.2, 0) is 0 Å². The molecule has 0 saturated heterocycles. The van der Waals surface area contributed by atoms with Crippen LogP contribution in [0.4, 0.5) is 0 Å². The van der Waals surface area contributed by atoms with Gasteiger partial charge in [-0.3, -0.25) is 16.0 Å². The van der Waals surface area contributed by atoms with E-state index in [2.05, 4.69) is 5.32 Å². The predicted molar refractivity (Wildman–Crippen MR) is 43.3 cm³/mol. The maximum Gasteiger partial charge on any atom is 0.196 e. The molecular weight excluding hydrogens is 152 g/mol. The zero-order chi connectivity index (χ0) is 8.36. The van der Waals surface area contributed by atoms with E-state index >= 15 is 0 Å². The van der Waals surface area contributed by atoms with Crippen LogP contribution in [-0.4, -0.2) is 43.4 Å². The van der Waals surface area contributed by atoms with Crippen molar-refractivity contribution >= 4 is 11.8 Å². The molecule has 0 aliphatic carbocycles. The van der Waals surface area contributed by atoms with E-state index in [1.807, 2.05) is 14.1 Å². The van der Waals surface area contributed by atoms with Gasteiger partial charge in [0.1, 0.15) is 0 Å². The monoisotopic (exact) mass is 166 g/mol. The number of hydrogen-bond acceptors (Lipinski definition) is 4. The topological polar surface area (TPSA) is 44.5 Å². The summed E-state index contributed by atoms with van der Waals surface area (Å²) in [6.07, 6.45) is 0. The minimum Gasteiger partial charge on any atom is -0.287 e. The predicted octanol–water partition coefficient (Wildman–Crippen LogP) is -0.577. The van der Waals surface area contributed by atoms with Crippen molar-refractivity contribution in [3.8, 4) is 0 Å². The molecule has 0 aromatic heterocycles. The van der Waals surface area contributed by atoms with Crippen LogP contribution >= 0.6 is 11.8 Å². The van der Waals surface area contributed by atoms with Crippen LogP contribution in [0.2, 0.25) is 0 Å². The van der Waals surface area contributed by atoms with E-state index < -0.39 is 5.91 Å².